The molecule has 0 atom stereocenters. The summed E-state index contributed by atoms with van der Waals surface area (Å²) < 4.78 is 11.6. The van der Waals surface area contributed by atoms with E-state index >= 15 is 0 Å². The molecule has 0 radical (unpaired) electrons. The van der Waals surface area contributed by atoms with Crippen LogP contribution in [-0.2, 0) is 17.9 Å². The summed E-state index contributed by atoms with van der Waals surface area (Å²) in [6.07, 6.45) is 1.32. The van der Waals surface area contributed by atoms with Crippen LogP contribution in [0.15, 0.2) is 30.3 Å². The Morgan fingerprint density at radius 1 is 1.09 bits per heavy atom. The van der Waals surface area contributed by atoms with E-state index in [1.165, 1.54) is 16.7 Å². The van der Waals surface area contributed by atoms with Crippen LogP contribution in [0, 0.1) is 19.8 Å². The van der Waals surface area contributed by atoms with E-state index in [9.17, 15) is 4.79 Å². The third-order valence-corrected chi connectivity index (χ3v) is 6.44. The monoisotopic (exact) mass is 486 g/mol. The summed E-state index contributed by atoms with van der Waals surface area (Å²) in [5.74, 6) is 1.81. The lowest BCUT2D eigenvalue weighted by atomic mass is 10.1. The molecule has 0 spiro atoms. The lowest BCUT2D eigenvalue weighted by Crippen LogP contribution is -2.36. The number of aryl methyl sites for hydroxylation is 2. The molecule has 6 heteroatoms. The molecule has 1 aliphatic rings. The smallest absolute Gasteiger partial charge is 0.224 e. The molecule has 1 amide bonds. The number of hydrogen-bond acceptors (Lipinski definition) is 4. The van der Waals surface area contributed by atoms with E-state index in [1.807, 2.05) is 17.0 Å². The summed E-state index contributed by atoms with van der Waals surface area (Å²) in [5, 5.41) is 0.539. The van der Waals surface area contributed by atoms with E-state index in [-0.39, 0.29) is 5.91 Å². The maximum absolute atomic E-state index is 13.3. The minimum absolute atomic E-state index is 0.163. The van der Waals surface area contributed by atoms with Gasteiger partial charge in [-0.05, 0) is 55.1 Å². The maximum Gasteiger partial charge on any atom is 0.224 e. The third-order valence-electron chi connectivity index (χ3n) is 6.16. The van der Waals surface area contributed by atoms with Crippen molar-refractivity contribution in [3.63, 3.8) is 0 Å². The lowest BCUT2D eigenvalue weighted by Gasteiger charge is -2.27. The Morgan fingerprint density at radius 2 is 1.85 bits per heavy atom. The fourth-order valence-corrected chi connectivity index (χ4v) is 4.55. The minimum atomic E-state index is 0.163. The van der Waals surface area contributed by atoms with E-state index in [1.54, 1.807) is 0 Å². The average Bonchev–Trinajstić information content (AvgIpc) is 3.04. The van der Waals surface area contributed by atoms with Crippen molar-refractivity contribution in [3.8, 4) is 11.5 Å². The molecule has 0 unspecified atom stereocenters. The van der Waals surface area contributed by atoms with Crippen molar-refractivity contribution in [2.24, 2.45) is 5.92 Å². The van der Waals surface area contributed by atoms with Crippen LogP contribution in [-0.4, -0.2) is 48.6 Å². The van der Waals surface area contributed by atoms with Crippen LogP contribution in [0.25, 0.3) is 0 Å². The molecule has 2 aromatic carbocycles. The van der Waals surface area contributed by atoms with Gasteiger partial charge in [0.15, 0.2) is 11.5 Å². The molecule has 0 aromatic heterocycles. The van der Waals surface area contributed by atoms with Gasteiger partial charge in [0.05, 0.1) is 18.2 Å². The zero-order chi connectivity index (χ0) is 24.7. The molecule has 0 bridgehead atoms. The molecule has 1 heterocycles. The first-order valence-corrected chi connectivity index (χ1v) is 12.8. The highest BCUT2D eigenvalue weighted by atomic mass is 35.5. The Labute approximate surface area is 210 Å². The maximum atomic E-state index is 13.3. The SMILES string of the molecule is CCN(CCC(=O)N(Cc1cc(Cl)c2c(c1)OCCCO2)CC(C)C)Cc1cc(C)ccc1C. The highest BCUT2D eigenvalue weighted by molar-refractivity contribution is 6.32. The van der Waals surface area contributed by atoms with Crippen LogP contribution in [0.5, 0.6) is 11.5 Å². The summed E-state index contributed by atoms with van der Waals surface area (Å²) in [6.45, 7) is 15.6. The average molecular weight is 487 g/mol. The number of benzene rings is 2. The summed E-state index contributed by atoms with van der Waals surface area (Å²) in [4.78, 5) is 17.6. The zero-order valence-corrected chi connectivity index (χ0v) is 22.1. The van der Waals surface area contributed by atoms with Gasteiger partial charge in [0.25, 0.3) is 0 Å². The third kappa shape index (κ3) is 7.38. The van der Waals surface area contributed by atoms with E-state index in [0.717, 1.165) is 31.6 Å². The first-order chi connectivity index (χ1) is 16.3. The van der Waals surface area contributed by atoms with Gasteiger partial charge in [-0.1, -0.05) is 56.1 Å². The predicted octanol–water partition coefficient (Wildman–Crippen LogP) is 6.01. The molecule has 0 saturated heterocycles. The molecule has 0 saturated carbocycles. The number of rotatable bonds is 10. The summed E-state index contributed by atoms with van der Waals surface area (Å²) in [6, 6.07) is 10.4. The number of fused-ring (bicyclic) bond motifs is 1. The second-order valence-electron chi connectivity index (χ2n) is 9.67. The first-order valence-electron chi connectivity index (χ1n) is 12.4. The second kappa shape index (κ2) is 12.5. The van der Waals surface area contributed by atoms with E-state index < -0.39 is 0 Å². The first kappa shape index (κ1) is 26.4. The molecule has 0 N–H and O–H groups in total. The standard InChI is InChI=1S/C28H39ClN2O3/c1-6-30(19-24-14-21(4)8-9-22(24)5)11-10-27(32)31(17-20(2)3)18-23-15-25(29)28-26(16-23)33-12-7-13-34-28/h8-9,14-16,20H,6-7,10-13,17-19H2,1-5H3. The van der Waals surface area contributed by atoms with Crippen LogP contribution in [0.3, 0.4) is 0 Å². The fraction of sp³-hybridized carbons (Fsp3) is 0.536. The Kier molecular flexibility index (Phi) is 9.66. The van der Waals surface area contributed by atoms with Gasteiger partial charge in [-0.25, -0.2) is 0 Å². The quantitative estimate of drug-likeness (QED) is 0.412. The minimum Gasteiger partial charge on any atom is -0.489 e. The number of hydrogen-bond donors (Lipinski definition) is 0. The predicted molar refractivity (Wildman–Crippen MR) is 139 cm³/mol. The second-order valence-corrected chi connectivity index (χ2v) is 10.1. The van der Waals surface area contributed by atoms with Crippen molar-refractivity contribution in [1.82, 2.24) is 9.80 Å². The number of carbonyl (C=O) groups excluding carboxylic acids is 1. The van der Waals surface area contributed by atoms with Gasteiger partial charge < -0.3 is 14.4 Å². The van der Waals surface area contributed by atoms with Crippen LogP contribution in [0.2, 0.25) is 5.02 Å². The van der Waals surface area contributed by atoms with Crippen LogP contribution in [0.1, 0.15) is 55.9 Å². The molecule has 2 aromatic rings. The Balaban J connectivity index is 1.67. The van der Waals surface area contributed by atoms with Crippen molar-refractivity contribution in [3.05, 3.63) is 57.6 Å². The fourth-order valence-electron chi connectivity index (χ4n) is 4.26. The molecule has 186 valence electrons. The number of nitrogens with zero attached hydrogens (tertiary/aromatic N) is 2. The molecular formula is C28H39ClN2O3. The van der Waals surface area contributed by atoms with Gasteiger partial charge >= 0.3 is 0 Å². The van der Waals surface area contributed by atoms with Crippen molar-refractivity contribution >= 4 is 17.5 Å². The highest BCUT2D eigenvalue weighted by Gasteiger charge is 2.20. The molecule has 3 rings (SSSR count). The molecule has 0 aliphatic carbocycles. The Bertz CT molecular complexity index is 976. The van der Waals surface area contributed by atoms with Crippen LogP contribution < -0.4 is 9.47 Å². The lowest BCUT2D eigenvalue weighted by molar-refractivity contribution is -0.132. The van der Waals surface area contributed by atoms with Gasteiger partial charge in [-0.15, -0.1) is 0 Å². The van der Waals surface area contributed by atoms with Crippen molar-refractivity contribution in [1.29, 1.82) is 0 Å². The van der Waals surface area contributed by atoms with E-state index in [2.05, 4.69) is 57.7 Å². The van der Waals surface area contributed by atoms with Gasteiger partial charge in [0.1, 0.15) is 0 Å². The molecule has 1 aliphatic heterocycles. The van der Waals surface area contributed by atoms with Crippen molar-refractivity contribution in [2.75, 3.05) is 32.8 Å². The normalized spacial score (nSPS) is 13.3. The van der Waals surface area contributed by atoms with Crippen molar-refractivity contribution in [2.45, 2.75) is 60.5 Å². The highest BCUT2D eigenvalue weighted by Crippen LogP contribution is 2.38. The summed E-state index contributed by atoms with van der Waals surface area (Å²) >= 11 is 6.50. The van der Waals surface area contributed by atoms with Gasteiger partial charge in [-0.2, -0.15) is 0 Å². The summed E-state index contributed by atoms with van der Waals surface area (Å²) in [7, 11) is 0. The van der Waals surface area contributed by atoms with Gasteiger partial charge in [0, 0.05) is 39.0 Å². The van der Waals surface area contributed by atoms with Gasteiger partial charge in [-0.3, -0.25) is 9.69 Å². The van der Waals surface area contributed by atoms with Crippen LogP contribution >= 0.6 is 11.6 Å². The molecule has 34 heavy (non-hydrogen) atoms. The molecular weight excluding hydrogens is 448 g/mol. The van der Waals surface area contributed by atoms with E-state index in [0.29, 0.717) is 55.2 Å². The number of amides is 1. The zero-order valence-electron chi connectivity index (χ0n) is 21.3. The summed E-state index contributed by atoms with van der Waals surface area (Å²) in [5.41, 5.74) is 4.86. The number of ether oxygens (including phenoxy) is 2. The van der Waals surface area contributed by atoms with E-state index in [4.69, 9.17) is 21.1 Å². The van der Waals surface area contributed by atoms with Gasteiger partial charge in [0.2, 0.25) is 5.91 Å². The van der Waals surface area contributed by atoms with Crippen LogP contribution in [0.4, 0.5) is 0 Å². The Morgan fingerprint density at radius 3 is 2.59 bits per heavy atom. The largest absolute Gasteiger partial charge is 0.489 e. The van der Waals surface area contributed by atoms with Crippen molar-refractivity contribution < 1.29 is 14.3 Å². The topological polar surface area (TPSA) is 42.0 Å². The Hall–Kier alpha value is -2.24. The molecule has 0 fully saturated rings. The number of carbonyl (C=O) groups is 1. The number of halogens is 1. The molecule has 5 nitrogen and oxygen atoms in total.